The van der Waals surface area contributed by atoms with Gasteiger partial charge in [-0.25, -0.2) is 0 Å². The van der Waals surface area contributed by atoms with Crippen LogP contribution in [0.3, 0.4) is 0 Å². The van der Waals surface area contributed by atoms with Gasteiger partial charge < -0.3 is 0 Å². The quantitative estimate of drug-likeness (QED) is 0.636. The van der Waals surface area contributed by atoms with Crippen molar-refractivity contribution in [1.29, 1.82) is 0 Å². The summed E-state index contributed by atoms with van der Waals surface area (Å²) in [7, 11) is 0. The molecule has 0 aliphatic rings. The molecular weight excluding hydrogens is 185 g/mol. The second-order valence-electron chi connectivity index (χ2n) is 2.04. The number of rotatable bonds is 1. The van der Waals surface area contributed by atoms with E-state index in [-0.39, 0.29) is 5.02 Å². The van der Waals surface area contributed by atoms with Crippen LogP contribution in [-0.4, -0.2) is 11.3 Å². The molecule has 0 aliphatic carbocycles. The third-order valence-corrected chi connectivity index (χ3v) is 2.12. The Kier molecular flexibility index (Phi) is 2.47. The Bertz CT molecular complexity index is 299. The maximum absolute atomic E-state index is 10.4. The molecule has 0 amide bonds. The highest BCUT2D eigenvalue weighted by molar-refractivity contribution is 6.43. The van der Waals surface area contributed by atoms with Gasteiger partial charge in [0.15, 0.2) is 6.29 Å². The molecule has 0 aliphatic heterocycles. The fourth-order valence-corrected chi connectivity index (χ4v) is 1.08. The normalized spacial score (nSPS) is 9.73. The zero-order chi connectivity index (χ0) is 8.43. The molecule has 0 bridgehead atoms. The largest absolute Gasteiger partial charge is 0.298 e. The minimum absolute atomic E-state index is 0.272. The van der Waals surface area contributed by atoms with Crippen LogP contribution in [0, 0.1) is 6.92 Å². The van der Waals surface area contributed by atoms with Crippen molar-refractivity contribution in [3.8, 4) is 0 Å². The van der Waals surface area contributed by atoms with Crippen LogP contribution in [0.2, 0.25) is 10.0 Å². The molecule has 0 spiro atoms. The topological polar surface area (TPSA) is 30.0 Å². The van der Waals surface area contributed by atoms with Crippen LogP contribution in [0.15, 0.2) is 6.20 Å². The van der Waals surface area contributed by atoms with Crippen LogP contribution in [0.4, 0.5) is 0 Å². The third-order valence-electron chi connectivity index (χ3n) is 1.33. The van der Waals surface area contributed by atoms with Gasteiger partial charge in [-0.15, -0.1) is 0 Å². The van der Waals surface area contributed by atoms with Crippen molar-refractivity contribution in [3.63, 3.8) is 0 Å². The van der Waals surface area contributed by atoms with Crippen molar-refractivity contribution in [1.82, 2.24) is 4.98 Å². The molecule has 58 valence electrons. The van der Waals surface area contributed by atoms with E-state index in [0.717, 1.165) is 0 Å². The van der Waals surface area contributed by atoms with E-state index in [1.165, 1.54) is 6.20 Å². The lowest BCUT2D eigenvalue weighted by molar-refractivity contribution is 0.112. The molecule has 0 unspecified atom stereocenters. The number of nitrogens with zero attached hydrogens (tertiary/aromatic N) is 1. The van der Waals surface area contributed by atoms with Gasteiger partial charge in [-0.3, -0.25) is 9.78 Å². The number of aryl methyl sites for hydroxylation is 1. The van der Waals surface area contributed by atoms with Gasteiger partial charge in [0.1, 0.15) is 0 Å². The Labute approximate surface area is 74.1 Å². The van der Waals surface area contributed by atoms with Crippen molar-refractivity contribution >= 4 is 29.5 Å². The van der Waals surface area contributed by atoms with Crippen molar-refractivity contribution in [2.75, 3.05) is 0 Å². The van der Waals surface area contributed by atoms with Crippen LogP contribution >= 0.6 is 23.2 Å². The van der Waals surface area contributed by atoms with E-state index in [2.05, 4.69) is 4.98 Å². The number of hydrogen-bond donors (Lipinski definition) is 0. The van der Waals surface area contributed by atoms with E-state index >= 15 is 0 Å². The predicted molar refractivity (Wildman–Crippen MR) is 44.4 cm³/mol. The van der Waals surface area contributed by atoms with Gasteiger partial charge in [0.25, 0.3) is 0 Å². The summed E-state index contributed by atoms with van der Waals surface area (Å²) in [4.78, 5) is 14.3. The molecule has 1 aromatic heterocycles. The van der Waals surface area contributed by atoms with E-state index < -0.39 is 0 Å². The average Bonchev–Trinajstić information content (AvgIpc) is 1.99. The number of pyridine rings is 1. The summed E-state index contributed by atoms with van der Waals surface area (Å²) >= 11 is 11.3. The van der Waals surface area contributed by atoms with Crippen LogP contribution in [0.25, 0.3) is 0 Å². The molecule has 1 aromatic rings. The third kappa shape index (κ3) is 1.52. The maximum Gasteiger partial charge on any atom is 0.153 e. The molecule has 11 heavy (non-hydrogen) atoms. The smallest absolute Gasteiger partial charge is 0.153 e. The molecule has 2 nitrogen and oxygen atoms in total. The minimum atomic E-state index is 0.272. The van der Waals surface area contributed by atoms with Crippen LogP contribution in [0.5, 0.6) is 0 Å². The molecule has 0 saturated heterocycles. The molecule has 0 radical (unpaired) electrons. The average molecular weight is 190 g/mol. The molecule has 0 aromatic carbocycles. The summed E-state index contributed by atoms with van der Waals surface area (Å²) in [6, 6.07) is 0. The highest BCUT2D eigenvalue weighted by Gasteiger charge is 2.07. The van der Waals surface area contributed by atoms with Crippen LogP contribution in [-0.2, 0) is 0 Å². The Morgan fingerprint density at radius 2 is 2.18 bits per heavy atom. The molecular formula is C7H5Cl2NO. The van der Waals surface area contributed by atoms with Crippen molar-refractivity contribution in [2.24, 2.45) is 0 Å². The van der Waals surface area contributed by atoms with E-state index in [1.807, 2.05) is 0 Å². The zero-order valence-electron chi connectivity index (χ0n) is 5.77. The highest BCUT2D eigenvalue weighted by Crippen LogP contribution is 2.24. The maximum atomic E-state index is 10.4. The first-order chi connectivity index (χ1) is 5.16. The summed E-state index contributed by atoms with van der Waals surface area (Å²) in [5.41, 5.74) is 0.952. The van der Waals surface area contributed by atoms with E-state index in [9.17, 15) is 4.79 Å². The molecule has 0 atom stereocenters. The fourth-order valence-electron chi connectivity index (χ4n) is 0.704. The highest BCUT2D eigenvalue weighted by atomic mass is 35.5. The second kappa shape index (κ2) is 3.20. The van der Waals surface area contributed by atoms with Crippen molar-refractivity contribution in [3.05, 3.63) is 27.5 Å². The summed E-state index contributed by atoms with van der Waals surface area (Å²) in [5.74, 6) is 0. The van der Waals surface area contributed by atoms with Gasteiger partial charge in [0.2, 0.25) is 0 Å². The van der Waals surface area contributed by atoms with Gasteiger partial charge in [0, 0.05) is 11.9 Å². The number of carbonyl (C=O) groups excluding carboxylic acids is 1. The summed E-state index contributed by atoms with van der Waals surface area (Å²) < 4.78 is 0. The van der Waals surface area contributed by atoms with Gasteiger partial charge in [-0.1, -0.05) is 23.2 Å². The monoisotopic (exact) mass is 189 g/mol. The first-order valence-electron chi connectivity index (χ1n) is 2.92. The standard InChI is InChI=1S/C7H5Cl2NO/c1-4-5(3-11)7(9)6(8)2-10-4/h2-3H,1H3. The second-order valence-corrected chi connectivity index (χ2v) is 2.82. The number of carbonyl (C=O) groups is 1. The summed E-state index contributed by atoms with van der Waals surface area (Å²) in [5, 5.41) is 0.577. The zero-order valence-corrected chi connectivity index (χ0v) is 7.28. The Balaban J connectivity index is 3.40. The summed E-state index contributed by atoms with van der Waals surface area (Å²) in [6.07, 6.45) is 2.07. The predicted octanol–water partition coefficient (Wildman–Crippen LogP) is 2.51. The molecule has 1 heterocycles. The van der Waals surface area contributed by atoms with E-state index in [0.29, 0.717) is 22.6 Å². The van der Waals surface area contributed by atoms with Gasteiger partial charge in [-0.05, 0) is 6.92 Å². The van der Waals surface area contributed by atoms with Gasteiger partial charge >= 0.3 is 0 Å². The first-order valence-corrected chi connectivity index (χ1v) is 3.68. The van der Waals surface area contributed by atoms with Crippen molar-refractivity contribution in [2.45, 2.75) is 6.92 Å². The Morgan fingerprint density at radius 1 is 1.55 bits per heavy atom. The first kappa shape index (κ1) is 8.50. The SMILES string of the molecule is Cc1ncc(Cl)c(Cl)c1C=O. The Hall–Kier alpha value is -0.600. The Morgan fingerprint density at radius 3 is 2.64 bits per heavy atom. The summed E-state index contributed by atoms with van der Waals surface area (Å²) in [6.45, 7) is 1.70. The number of aldehydes is 1. The molecule has 0 saturated carbocycles. The molecule has 0 fully saturated rings. The van der Waals surface area contributed by atoms with Crippen LogP contribution < -0.4 is 0 Å². The lowest BCUT2D eigenvalue weighted by Gasteiger charge is -2.00. The van der Waals surface area contributed by atoms with Crippen molar-refractivity contribution < 1.29 is 4.79 Å². The minimum Gasteiger partial charge on any atom is -0.298 e. The van der Waals surface area contributed by atoms with Crippen LogP contribution in [0.1, 0.15) is 16.1 Å². The van der Waals surface area contributed by atoms with E-state index in [4.69, 9.17) is 23.2 Å². The lowest BCUT2D eigenvalue weighted by atomic mass is 10.2. The number of halogens is 2. The fraction of sp³-hybridized carbons (Fsp3) is 0.143. The molecule has 1 rings (SSSR count). The lowest BCUT2D eigenvalue weighted by Crippen LogP contribution is -1.91. The molecule has 0 N–H and O–H groups in total. The molecule has 4 heteroatoms. The number of aromatic nitrogens is 1. The number of hydrogen-bond acceptors (Lipinski definition) is 2. The van der Waals surface area contributed by atoms with E-state index in [1.54, 1.807) is 6.92 Å². The van der Waals surface area contributed by atoms with Gasteiger partial charge in [-0.2, -0.15) is 0 Å². The van der Waals surface area contributed by atoms with Gasteiger partial charge in [0.05, 0.1) is 15.6 Å².